The third kappa shape index (κ3) is 3.51. The van der Waals surface area contributed by atoms with Gasteiger partial charge in [0.2, 0.25) is 5.01 Å². The van der Waals surface area contributed by atoms with Gasteiger partial charge in [-0.3, -0.25) is 4.90 Å². The molecule has 0 bridgehead atoms. The molecule has 2 rings (SSSR count). The normalized spacial score (nSPS) is 15.1. The van der Waals surface area contributed by atoms with Gasteiger partial charge >= 0.3 is 5.97 Å². The van der Waals surface area contributed by atoms with E-state index in [9.17, 15) is 4.79 Å². The molecule has 0 spiro atoms. The van der Waals surface area contributed by atoms with Crippen LogP contribution >= 0.6 is 11.3 Å². The summed E-state index contributed by atoms with van der Waals surface area (Å²) in [5.74, 6) is -0.353. The summed E-state index contributed by atoms with van der Waals surface area (Å²) in [7, 11) is 0. The number of carbonyl (C=O) groups excluding carboxylic acids is 1. The van der Waals surface area contributed by atoms with Gasteiger partial charge in [-0.15, -0.1) is 11.3 Å². The highest BCUT2D eigenvalue weighted by Crippen LogP contribution is 2.28. The SMILES string of the molecule is CCOC(=O)c1nc(CN(CCO)C2CC2)cs1. The summed E-state index contributed by atoms with van der Waals surface area (Å²) in [4.78, 5) is 18.0. The van der Waals surface area contributed by atoms with Crippen molar-refractivity contribution in [2.75, 3.05) is 19.8 Å². The fourth-order valence-electron chi connectivity index (χ4n) is 1.83. The Morgan fingerprint density at radius 3 is 3.06 bits per heavy atom. The monoisotopic (exact) mass is 270 g/mol. The highest BCUT2D eigenvalue weighted by Gasteiger charge is 2.29. The zero-order valence-corrected chi connectivity index (χ0v) is 11.3. The van der Waals surface area contributed by atoms with Gasteiger partial charge in [0.1, 0.15) is 0 Å². The average Bonchev–Trinajstić information content (AvgIpc) is 3.09. The molecule has 6 heteroatoms. The minimum absolute atomic E-state index is 0.158. The van der Waals surface area contributed by atoms with Crippen LogP contribution in [0.15, 0.2) is 5.38 Å². The van der Waals surface area contributed by atoms with Gasteiger partial charge in [-0.05, 0) is 19.8 Å². The van der Waals surface area contributed by atoms with E-state index in [1.54, 1.807) is 6.92 Å². The van der Waals surface area contributed by atoms with Crippen molar-refractivity contribution in [3.05, 3.63) is 16.1 Å². The summed E-state index contributed by atoms with van der Waals surface area (Å²) < 4.78 is 4.91. The van der Waals surface area contributed by atoms with Crippen molar-refractivity contribution in [1.82, 2.24) is 9.88 Å². The molecule has 0 atom stereocenters. The Morgan fingerprint density at radius 2 is 2.44 bits per heavy atom. The van der Waals surface area contributed by atoms with Crippen molar-refractivity contribution < 1.29 is 14.6 Å². The van der Waals surface area contributed by atoms with Gasteiger partial charge in [0.05, 0.1) is 18.9 Å². The first-order valence-corrected chi connectivity index (χ1v) is 7.09. The van der Waals surface area contributed by atoms with Gasteiger partial charge in [-0.25, -0.2) is 9.78 Å². The molecule has 5 nitrogen and oxygen atoms in total. The van der Waals surface area contributed by atoms with Crippen LogP contribution in [0.4, 0.5) is 0 Å². The fourth-order valence-corrected chi connectivity index (χ4v) is 2.53. The largest absolute Gasteiger partial charge is 0.461 e. The van der Waals surface area contributed by atoms with Crippen LogP contribution in [0.2, 0.25) is 0 Å². The number of aromatic nitrogens is 1. The molecule has 0 aliphatic heterocycles. The molecule has 0 amide bonds. The second-order valence-corrected chi connectivity index (χ2v) is 5.15. The summed E-state index contributed by atoms with van der Waals surface area (Å²) in [5.41, 5.74) is 0.878. The third-order valence-corrected chi connectivity index (χ3v) is 3.69. The molecule has 18 heavy (non-hydrogen) atoms. The molecule has 1 aliphatic rings. The molecular weight excluding hydrogens is 252 g/mol. The van der Waals surface area contributed by atoms with E-state index in [-0.39, 0.29) is 12.6 Å². The molecule has 1 aliphatic carbocycles. The number of hydrogen-bond acceptors (Lipinski definition) is 6. The van der Waals surface area contributed by atoms with Crippen LogP contribution in [0.1, 0.15) is 35.3 Å². The molecule has 0 aromatic carbocycles. The van der Waals surface area contributed by atoms with Crippen molar-refractivity contribution in [2.24, 2.45) is 0 Å². The summed E-state index contributed by atoms with van der Waals surface area (Å²) in [6.07, 6.45) is 2.38. The second-order valence-electron chi connectivity index (χ2n) is 4.29. The third-order valence-electron chi connectivity index (χ3n) is 2.82. The van der Waals surface area contributed by atoms with Gasteiger partial charge in [0.25, 0.3) is 0 Å². The van der Waals surface area contributed by atoms with E-state index in [1.165, 1.54) is 24.2 Å². The fraction of sp³-hybridized carbons (Fsp3) is 0.667. The van der Waals surface area contributed by atoms with Crippen molar-refractivity contribution in [3.8, 4) is 0 Å². The van der Waals surface area contributed by atoms with E-state index in [0.717, 1.165) is 5.69 Å². The number of nitrogens with zero attached hydrogens (tertiary/aromatic N) is 2. The molecule has 0 unspecified atom stereocenters. The summed E-state index contributed by atoms with van der Waals surface area (Å²) >= 11 is 1.31. The summed E-state index contributed by atoms with van der Waals surface area (Å²) in [6.45, 7) is 3.67. The molecule has 0 saturated heterocycles. The number of aliphatic hydroxyl groups excluding tert-OH is 1. The lowest BCUT2D eigenvalue weighted by atomic mass is 10.4. The first-order chi connectivity index (χ1) is 8.74. The Kier molecular flexibility index (Phi) is 4.68. The first kappa shape index (κ1) is 13.5. The van der Waals surface area contributed by atoms with E-state index in [2.05, 4.69) is 9.88 Å². The number of esters is 1. The number of aliphatic hydroxyl groups is 1. The van der Waals surface area contributed by atoms with E-state index in [0.29, 0.717) is 30.7 Å². The van der Waals surface area contributed by atoms with Gasteiger partial charge in [-0.2, -0.15) is 0 Å². The minimum atomic E-state index is -0.353. The van der Waals surface area contributed by atoms with Crippen molar-refractivity contribution in [3.63, 3.8) is 0 Å². The van der Waals surface area contributed by atoms with Gasteiger partial charge in [-0.1, -0.05) is 0 Å². The Morgan fingerprint density at radius 1 is 1.67 bits per heavy atom. The van der Waals surface area contributed by atoms with Crippen LogP contribution < -0.4 is 0 Å². The Balaban J connectivity index is 1.94. The second kappa shape index (κ2) is 6.26. The molecule has 1 saturated carbocycles. The number of hydrogen-bond donors (Lipinski definition) is 1. The number of thiazole rings is 1. The smallest absolute Gasteiger partial charge is 0.367 e. The molecule has 1 fully saturated rings. The number of carbonyl (C=O) groups is 1. The lowest BCUT2D eigenvalue weighted by Gasteiger charge is -2.19. The maximum Gasteiger partial charge on any atom is 0.367 e. The highest BCUT2D eigenvalue weighted by molar-refractivity contribution is 7.11. The van der Waals surface area contributed by atoms with Crippen molar-refractivity contribution in [1.29, 1.82) is 0 Å². The molecule has 1 aromatic rings. The quantitative estimate of drug-likeness (QED) is 0.756. The van der Waals surface area contributed by atoms with E-state index in [1.807, 2.05) is 5.38 Å². The first-order valence-electron chi connectivity index (χ1n) is 6.21. The molecule has 1 N–H and O–H groups in total. The molecule has 1 aromatic heterocycles. The van der Waals surface area contributed by atoms with Crippen LogP contribution in [0.25, 0.3) is 0 Å². The van der Waals surface area contributed by atoms with Crippen LogP contribution in [0, 0.1) is 0 Å². The van der Waals surface area contributed by atoms with Crippen LogP contribution in [0.5, 0.6) is 0 Å². The number of rotatable bonds is 7. The molecular formula is C12H18N2O3S. The van der Waals surface area contributed by atoms with E-state index in [4.69, 9.17) is 9.84 Å². The predicted molar refractivity (Wildman–Crippen MR) is 68.6 cm³/mol. The van der Waals surface area contributed by atoms with Crippen LogP contribution in [-0.4, -0.2) is 46.8 Å². The Hall–Kier alpha value is -0.980. The average molecular weight is 270 g/mol. The van der Waals surface area contributed by atoms with Crippen molar-refractivity contribution >= 4 is 17.3 Å². The summed E-state index contributed by atoms with van der Waals surface area (Å²) in [5, 5.41) is 11.3. The molecule has 100 valence electrons. The topological polar surface area (TPSA) is 62.7 Å². The van der Waals surface area contributed by atoms with E-state index < -0.39 is 0 Å². The Bertz CT molecular complexity index is 404. The van der Waals surface area contributed by atoms with Gasteiger partial charge in [0, 0.05) is 24.5 Å². The van der Waals surface area contributed by atoms with E-state index >= 15 is 0 Å². The Labute approximate surface area is 110 Å². The van der Waals surface area contributed by atoms with Gasteiger partial charge < -0.3 is 9.84 Å². The van der Waals surface area contributed by atoms with Crippen molar-refractivity contribution in [2.45, 2.75) is 32.4 Å². The van der Waals surface area contributed by atoms with Crippen LogP contribution in [-0.2, 0) is 11.3 Å². The zero-order chi connectivity index (χ0) is 13.0. The van der Waals surface area contributed by atoms with Gasteiger partial charge in [0.15, 0.2) is 0 Å². The molecule has 0 radical (unpaired) electrons. The molecule has 1 heterocycles. The standard InChI is InChI=1S/C12H18N2O3S/c1-2-17-12(16)11-13-9(8-18-11)7-14(5-6-15)10-3-4-10/h8,10,15H,2-7H2,1H3. The number of ether oxygens (including phenoxy) is 1. The zero-order valence-electron chi connectivity index (χ0n) is 10.5. The lowest BCUT2D eigenvalue weighted by Crippen LogP contribution is -2.28. The highest BCUT2D eigenvalue weighted by atomic mass is 32.1. The lowest BCUT2D eigenvalue weighted by molar-refractivity contribution is 0.0525. The van der Waals surface area contributed by atoms with Crippen LogP contribution in [0.3, 0.4) is 0 Å². The maximum atomic E-state index is 11.5. The maximum absolute atomic E-state index is 11.5. The summed E-state index contributed by atoms with van der Waals surface area (Å²) in [6, 6.07) is 0.574. The minimum Gasteiger partial charge on any atom is -0.461 e. The predicted octanol–water partition coefficient (Wildman–Crippen LogP) is 1.28.